The summed E-state index contributed by atoms with van der Waals surface area (Å²) in [6.45, 7) is 13.5. The lowest BCUT2D eigenvalue weighted by Crippen LogP contribution is -2.48. The van der Waals surface area contributed by atoms with E-state index in [-0.39, 0.29) is 0 Å². The summed E-state index contributed by atoms with van der Waals surface area (Å²) in [5, 5.41) is 18.0. The van der Waals surface area contributed by atoms with E-state index < -0.39 is 23.1 Å². The minimum atomic E-state index is -1.93. The van der Waals surface area contributed by atoms with Crippen LogP contribution in [0.4, 0.5) is 0 Å². The van der Waals surface area contributed by atoms with Crippen LogP contribution in [0.15, 0.2) is 0 Å². The summed E-state index contributed by atoms with van der Waals surface area (Å²) in [5.41, 5.74) is -1.30. The highest BCUT2D eigenvalue weighted by Crippen LogP contribution is 2.30. The molecule has 0 rings (SSSR count). The van der Waals surface area contributed by atoms with Crippen LogP contribution >= 0.6 is 0 Å². The molecule has 2 unspecified atom stereocenters. The van der Waals surface area contributed by atoms with E-state index in [0.29, 0.717) is 12.8 Å². The maximum absolute atomic E-state index is 9.02. The van der Waals surface area contributed by atoms with Crippen LogP contribution in [0.5, 0.6) is 0 Å². The molecule has 22 heavy (non-hydrogen) atoms. The van der Waals surface area contributed by atoms with Crippen molar-refractivity contribution in [2.24, 2.45) is 0 Å². The maximum atomic E-state index is 9.02. The Balaban J connectivity index is 4.89. The van der Waals surface area contributed by atoms with Crippen LogP contribution in [0, 0.1) is 0 Å². The monoisotopic (exact) mass is 326 g/mol. The first-order valence-electron chi connectivity index (χ1n) is 7.29. The van der Waals surface area contributed by atoms with Crippen molar-refractivity contribution in [1.82, 2.24) is 0 Å². The molecule has 0 spiro atoms. The Hall–Kier alpha value is -0.320. The molecule has 2 N–H and O–H groups in total. The number of rotatable bonds is 11. The van der Waals surface area contributed by atoms with Crippen molar-refractivity contribution in [3.63, 3.8) is 0 Å². The Morgan fingerprint density at radius 1 is 0.636 bits per heavy atom. The summed E-state index contributed by atoms with van der Waals surface area (Å²) in [6, 6.07) is 0. The second-order valence-electron chi connectivity index (χ2n) is 6.50. The Morgan fingerprint density at radius 2 is 0.909 bits per heavy atom. The molecular weight excluding hydrogens is 296 g/mol. The Kier molecular flexibility index (Phi) is 7.86. The van der Waals surface area contributed by atoms with Crippen LogP contribution in [0.25, 0.3) is 0 Å². The van der Waals surface area contributed by atoms with Crippen LogP contribution < -0.4 is 0 Å². The lowest BCUT2D eigenvalue weighted by molar-refractivity contribution is -0.649. The van der Waals surface area contributed by atoms with Crippen molar-refractivity contribution >= 4 is 0 Å². The minimum absolute atomic E-state index is 0.627. The molecule has 0 bridgehead atoms. The Bertz CT molecular complexity index is 301. The maximum Gasteiger partial charge on any atom is 0.337 e. The molecule has 0 aliphatic carbocycles. The summed E-state index contributed by atoms with van der Waals surface area (Å²) < 4.78 is 11.0. The van der Waals surface area contributed by atoms with Crippen LogP contribution in [-0.4, -0.2) is 33.7 Å². The smallest absolute Gasteiger partial charge is 0.318 e. The lowest BCUT2D eigenvalue weighted by Gasteiger charge is -2.37. The lowest BCUT2D eigenvalue weighted by atomic mass is 10.1. The zero-order valence-corrected chi connectivity index (χ0v) is 14.8. The van der Waals surface area contributed by atoms with Gasteiger partial charge in [0.15, 0.2) is 0 Å². The molecule has 0 amide bonds. The zero-order valence-electron chi connectivity index (χ0n) is 14.8. The van der Waals surface area contributed by atoms with Crippen molar-refractivity contribution < 1.29 is 39.5 Å². The predicted molar refractivity (Wildman–Crippen MR) is 77.3 cm³/mol. The van der Waals surface area contributed by atoms with Crippen molar-refractivity contribution in [2.45, 2.75) is 91.4 Å². The third kappa shape index (κ3) is 7.30. The Labute approximate surface area is 132 Å². The van der Waals surface area contributed by atoms with Crippen molar-refractivity contribution in [1.29, 1.82) is 0 Å². The SMILES string of the molecule is CCC(C)(C)OC(C)(OO)OOC(C)(OO)OC(C)(C)CC. The molecule has 0 saturated carbocycles. The number of hydrogen-bond donors (Lipinski definition) is 2. The van der Waals surface area contributed by atoms with E-state index in [9.17, 15) is 0 Å². The van der Waals surface area contributed by atoms with Crippen LogP contribution in [0.1, 0.15) is 68.2 Å². The van der Waals surface area contributed by atoms with Gasteiger partial charge in [-0.25, -0.2) is 10.5 Å². The quantitative estimate of drug-likeness (QED) is 0.337. The first-order valence-corrected chi connectivity index (χ1v) is 7.29. The topological polar surface area (TPSA) is 95.8 Å². The second kappa shape index (κ2) is 7.98. The zero-order chi connectivity index (χ0) is 17.7. The molecule has 0 aromatic rings. The minimum Gasteiger partial charge on any atom is -0.318 e. The molecule has 0 aliphatic rings. The van der Waals surface area contributed by atoms with Gasteiger partial charge in [-0.05, 0) is 40.5 Å². The third-order valence-electron chi connectivity index (χ3n) is 3.30. The first-order chi connectivity index (χ1) is 9.86. The van der Waals surface area contributed by atoms with E-state index in [0.717, 1.165) is 0 Å². The van der Waals surface area contributed by atoms with Gasteiger partial charge >= 0.3 is 11.9 Å². The average Bonchev–Trinajstić information content (AvgIpc) is 2.44. The molecule has 0 radical (unpaired) electrons. The molecule has 2 atom stereocenters. The molecule has 0 saturated heterocycles. The van der Waals surface area contributed by atoms with E-state index in [4.69, 9.17) is 29.8 Å². The molecular formula is C14H30O8. The van der Waals surface area contributed by atoms with Gasteiger partial charge in [-0.15, -0.1) is 0 Å². The van der Waals surface area contributed by atoms with Crippen LogP contribution in [0.2, 0.25) is 0 Å². The predicted octanol–water partition coefficient (Wildman–Crippen LogP) is 3.67. The van der Waals surface area contributed by atoms with E-state index in [1.165, 1.54) is 13.8 Å². The molecule has 8 heteroatoms. The summed E-state index contributed by atoms with van der Waals surface area (Å²) in [5.74, 6) is -3.86. The fraction of sp³-hybridized carbons (Fsp3) is 1.00. The van der Waals surface area contributed by atoms with Gasteiger partial charge in [-0.2, -0.15) is 19.6 Å². The van der Waals surface area contributed by atoms with E-state index in [1.54, 1.807) is 27.7 Å². The van der Waals surface area contributed by atoms with Gasteiger partial charge in [0.1, 0.15) is 0 Å². The van der Waals surface area contributed by atoms with Crippen LogP contribution in [-0.2, 0) is 29.0 Å². The van der Waals surface area contributed by atoms with Crippen molar-refractivity contribution in [3.05, 3.63) is 0 Å². The molecule has 0 heterocycles. The highest BCUT2D eigenvalue weighted by molar-refractivity contribution is 4.68. The Morgan fingerprint density at radius 3 is 1.09 bits per heavy atom. The van der Waals surface area contributed by atoms with Gasteiger partial charge in [0, 0.05) is 13.8 Å². The first kappa shape index (κ1) is 21.7. The number of hydrogen-bond acceptors (Lipinski definition) is 8. The highest BCUT2D eigenvalue weighted by Gasteiger charge is 2.42. The molecule has 0 fully saturated rings. The summed E-state index contributed by atoms with van der Waals surface area (Å²) in [6.07, 6.45) is 1.25. The van der Waals surface area contributed by atoms with E-state index in [1.807, 2.05) is 13.8 Å². The third-order valence-corrected chi connectivity index (χ3v) is 3.30. The van der Waals surface area contributed by atoms with Gasteiger partial charge in [-0.1, -0.05) is 13.8 Å². The summed E-state index contributed by atoms with van der Waals surface area (Å²) >= 11 is 0. The van der Waals surface area contributed by atoms with E-state index in [2.05, 4.69) is 9.78 Å². The summed E-state index contributed by atoms with van der Waals surface area (Å²) in [4.78, 5) is 18.3. The number of ether oxygens (including phenoxy) is 2. The fourth-order valence-corrected chi connectivity index (χ4v) is 1.40. The summed E-state index contributed by atoms with van der Waals surface area (Å²) in [7, 11) is 0. The fourth-order valence-electron chi connectivity index (χ4n) is 1.40. The van der Waals surface area contributed by atoms with E-state index >= 15 is 0 Å². The second-order valence-corrected chi connectivity index (χ2v) is 6.50. The van der Waals surface area contributed by atoms with Gasteiger partial charge in [0.25, 0.3) is 0 Å². The van der Waals surface area contributed by atoms with Gasteiger partial charge in [0.05, 0.1) is 11.2 Å². The molecule has 0 aromatic carbocycles. The largest absolute Gasteiger partial charge is 0.337 e. The molecule has 8 nitrogen and oxygen atoms in total. The normalized spacial score (nSPS) is 18.8. The average molecular weight is 326 g/mol. The van der Waals surface area contributed by atoms with Gasteiger partial charge in [-0.3, -0.25) is 0 Å². The van der Waals surface area contributed by atoms with Crippen molar-refractivity contribution in [2.75, 3.05) is 0 Å². The van der Waals surface area contributed by atoms with Crippen molar-refractivity contribution in [3.8, 4) is 0 Å². The molecule has 0 aromatic heterocycles. The van der Waals surface area contributed by atoms with Gasteiger partial charge < -0.3 is 9.47 Å². The van der Waals surface area contributed by atoms with Crippen LogP contribution in [0.3, 0.4) is 0 Å². The highest BCUT2D eigenvalue weighted by atomic mass is 17.4. The van der Waals surface area contributed by atoms with Gasteiger partial charge in [0.2, 0.25) is 0 Å². The molecule has 134 valence electrons. The standard InChI is InChI=1S/C14H30O8/c1-9-11(3,4)17-13(7,19-15)21-22-14(8,20-16)18-12(5,6)10-2/h15-16H,9-10H2,1-8H3. The molecule has 0 aliphatic heterocycles.